The lowest BCUT2D eigenvalue weighted by Gasteiger charge is -2.23. The van der Waals surface area contributed by atoms with Crippen molar-refractivity contribution in [2.45, 2.75) is 31.7 Å². The predicted molar refractivity (Wildman–Crippen MR) is 85.2 cm³/mol. The van der Waals surface area contributed by atoms with Crippen LogP contribution < -0.4 is 10.1 Å². The Hall–Kier alpha value is -1.13. The summed E-state index contributed by atoms with van der Waals surface area (Å²) in [5.41, 5.74) is 0. The molecule has 0 amide bonds. The molecule has 1 aliphatic rings. The molecule has 0 radical (unpaired) electrons. The number of ether oxygens (including phenoxy) is 1. The van der Waals surface area contributed by atoms with Crippen LogP contribution in [-0.4, -0.2) is 24.2 Å². The lowest BCUT2D eigenvalue weighted by molar-refractivity contribution is 0.263. The SMILES string of the molecule is Brc1cccc2c(OCCC3CCCCN3)nccc12. The zero-order valence-corrected chi connectivity index (χ0v) is 13.0. The number of rotatable bonds is 4. The minimum absolute atomic E-state index is 0.602. The van der Waals surface area contributed by atoms with Gasteiger partial charge in [-0.15, -0.1) is 0 Å². The topological polar surface area (TPSA) is 34.1 Å². The minimum Gasteiger partial charge on any atom is -0.477 e. The Kier molecular flexibility index (Phi) is 4.53. The third kappa shape index (κ3) is 3.13. The van der Waals surface area contributed by atoms with Gasteiger partial charge in [0.05, 0.1) is 6.61 Å². The molecule has 1 aromatic carbocycles. The molecule has 0 spiro atoms. The summed E-state index contributed by atoms with van der Waals surface area (Å²) < 4.78 is 6.98. The monoisotopic (exact) mass is 334 g/mol. The van der Waals surface area contributed by atoms with E-state index in [2.05, 4.69) is 32.3 Å². The number of benzene rings is 1. The Morgan fingerprint density at radius 3 is 3.05 bits per heavy atom. The molecule has 0 saturated carbocycles. The van der Waals surface area contributed by atoms with Gasteiger partial charge in [0.1, 0.15) is 0 Å². The lowest BCUT2D eigenvalue weighted by atomic mass is 10.0. The molecule has 106 valence electrons. The maximum absolute atomic E-state index is 5.91. The van der Waals surface area contributed by atoms with Crippen molar-refractivity contribution >= 4 is 26.7 Å². The van der Waals surface area contributed by atoms with Crippen LogP contribution in [0.4, 0.5) is 0 Å². The highest BCUT2D eigenvalue weighted by Crippen LogP contribution is 2.29. The van der Waals surface area contributed by atoms with Gasteiger partial charge in [0.25, 0.3) is 0 Å². The Morgan fingerprint density at radius 2 is 2.20 bits per heavy atom. The summed E-state index contributed by atoms with van der Waals surface area (Å²) in [6.45, 7) is 1.86. The molecule has 1 aromatic heterocycles. The fourth-order valence-electron chi connectivity index (χ4n) is 2.73. The second-order valence-electron chi connectivity index (χ2n) is 5.24. The van der Waals surface area contributed by atoms with Gasteiger partial charge in [-0.1, -0.05) is 28.4 Å². The summed E-state index contributed by atoms with van der Waals surface area (Å²) in [6.07, 6.45) is 6.75. The summed E-state index contributed by atoms with van der Waals surface area (Å²) in [7, 11) is 0. The molecule has 0 aliphatic carbocycles. The molecular weight excluding hydrogens is 316 g/mol. The Bertz CT molecular complexity index is 582. The number of aromatic nitrogens is 1. The van der Waals surface area contributed by atoms with Gasteiger partial charge in [-0.2, -0.15) is 0 Å². The summed E-state index contributed by atoms with van der Waals surface area (Å²) in [6, 6.07) is 8.73. The highest BCUT2D eigenvalue weighted by Gasteiger charge is 2.13. The lowest BCUT2D eigenvalue weighted by Crippen LogP contribution is -2.35. The Labute approximate surface area is 127 Å². The second kappa shape index (κ2) is 6.55. The molecule has 1 aliphatic heterocycles. The number of nitrogens with zero attached hydrogens (tertiary/aromatic N) is 1. The molecule has 2 heterocycles. The highest BCUT2D eigenvalue weighted by atomic mass is 79.9. The normalized spacial score (nSPS) is 19.1. The molecule has 1 saturated heterocycles. The van der Waals surface area contributed by atoms with E-state index < -0.39 is 0 Å². The maximum atomic E-state index is 5.91. The number of fused-ring (bicyclic) bond motifs is 1. The fraction of sp³-hybridized carbons (Fsp3) is 0.438. The first-order chi connectivity index (χ1) is 9.84. The van der Waals surface area contributed by atoms with Crippen LogP contribution in [0.2, 0.25) is 0 Å². The molecule has 3 nitrogen and oxygen atoms in total. The summed E-state index contributed by atoms with van der Waals surface area (Å²) in [5, 5.41) is 5.76. The minimum atomic E-state index is 0.602. The average Bonchev–Trinajstić information content (AvgIpc) is 2.49. The van der Waals surface area contributed by atoms with E-state index in [4.69, 9.17) is 4.74 Å². The Morgan fingerprint density at radius 1 is 1.25 bits per heavy atom. The zero-order valence-electron chi connectivity index (χ0n) is 11.4. The summed E-state index contributed by atoms with van der Waals surface area (Å²) in [4.78, 5) is 4.37. The van der Waals surface area contributed by atoms with E-state index in [0.29, 0.717) is 6.04 Å². The van der Waals surface area contributed by atoms with E-state index in [0.717, 1.165) is 40.7 Å². The van der Waals surface area contributed by atoms with Crippen LogP contribution in [0.5, 0.6) is 5.88 Å². The molecule has 1 atom stereocenters. The van der Waals surface area contributed by atoms with E-state index in [1.165, 1.54) is 19.3 Å². The number of hydrogen-bond acceptors (Lipinski definition) is 3. The van der Waals surface area contributed by atoms with Gasteiger partial charge in [0.2, 0.25) is 5.88 Å². The van der Waals surface area contributed by atoms with E-state index in [1.54, 1.807) is 6.20 Å². The molecule has 20 heavy (non-hydrogen) atoms. The third-order valence-electron chi connectivity index (χ3n) is 3.83. The largest absolute Gasteiger partial charge is 0.477 e. The van der Waals surface area contributed by atoms with Gasteiger partial charge < -0.3 is 10.1 Å². The molecule has 1 unspecified atom stereocenters. The van der Waals surface area contributed by atoms with Crippen molar-refractivity contribution in [2.24, 2.45) is 0 Å². The first-order valence-electron chi connectivity index (χ1n) is 7.24. The van der Waals surface area contributed by atoms with Crippen LogP contribution in [-0.2, 0) is 0 Å². The van der Waals surface area contributed by atoms with Gasteiger partial charge in [-0.05, 0) is 44.0 Å². The molecular formula is C16H19BrN2O. The van der Waals surface area contributed by atoms with Crippen LogP contribution in [0.25, 0.3) is 10.8 Å². The standard InChI is InChI=1S/C16H19BrN2O/c17-15-6-3-5-14-13(15)7-10-19-16(14)20-11-8-12-4-1-2-9-18-12/h3,5-7,10,12,18H,1-2,4,8-9,11H2. The number of nitrogens with one attached hydrogen (secondary N) is 1. The first-order valence-corrected chi connectivity index (χ1v) is 8.03. The van der Waals surface area contributed by atoms with Crippen LogP contribution in [0.15, 0.2) is 34.9 Å². The van der Waals surface area contributed by atoms with E-state index >= 15 is 0 Å². The van der Waals surface area contributed by atoms with E-state index in [1.807, 2.05) is 18.2 Å². The molecule has 1 N–H and O–H groups in total. The van der Waals surface area contributed by atoms with E-state index in [9.17, 15) is 0 Å². The zero-order chi connectivity index (χ0) is 13.8. The summed E-state index contributed by atoms with van der Waals surface area (Å²) >= 11 is 3.57. The van der Waals surface area contributed by atoms with Crippen molar-refractivity contribution in [3.8, 4) is 5.88 Å². The second-order valence-corrected chi connectivity index (χ2v) is 6.09. The number of halogens is 1. The van der Waals surface area contributed by atoms with Gasteiger partial charge in [-0.3, -0.25) is 0 Å². The quantitative estimate of drug-likeness (QED) is 0.920. The number of pyridine rings is 1. The van der Waals surface area contributed by atoms with Crippen LogP contribution >= 0.6 is 15.9 Å². The Balaban J connectivity index is 1.66. The van der Waals surface area contributed by atoms with Crippen LogP contribution in [0, 0.1) is 0 Å². The van der Waals surface area contributed by atoms with Crippen molar-refractivity contribution < 1.29 is 4.74 Å². The highest BCUT2D eigenvalue weighted by molar-refractivity contribution is 9.10. The van der Waals surface area contributed by atoms with Crippen LogP contribution in [0.1, 0.15) is 25.7 Å². The fourth-order valence-corrected chi connectivity index (χ4v) is 3.22. The molecule has 1 fully saturated rings. The molecule has 4 heteroatoms. The molecule has 2 aromatic rings. The van der Waals surface area contributed by atoms with Gasteiger partial charge in [0.15, 0.2) is 0 Å². The van der Waals surface area contributed by atoms with Crippen molar-refractivity contribution in [3.05, 3.63) is 34.9 Å². The maximum Gasteiger partial charge on any atom is 0.221 e. The van der Waals surface area contributed by atoms with Crippen molar-refractivity contribution in [1.29, 1.82) is 0 Å². The average molecular weight is 335 g/mol. The van der Waals surface area contributed by atoms with Crippen molar-refractivity contribution in [2.75, 3.05) is 13.2 Å². The van der Waals surface area contributed by atoms with Crippen molar-refractivity contribution in [3.63, 3.8) is 0 Å². The summed E-state index contributed by atoms with van der Waals surface area (Å²) in [5.74, 6) is 0.736. The number of piperidine rings is 1. The van der Waals surface area contributed by atoms with Gasteiger partial charge >= 0.3 is 0 Å². The van der Waals surface area contributed by atoms with Gasteiger partial charge in [-0.25, -0.2) is 4.98 Å². The van der Waals surface area contributed by atoms with E-state index in [-0.39, 0.29) is 0 Å². The van der Waals surface area contributed by atoms with Crippen molar-refractivity contribution in [1.82, 2.24) is 10.3 Å². The first kappa shape index (κ1) is 13.8. The molecule has 0 bridgehead atoms. The smallest absolute Gasteiger partial charge is 0.221 e. The number of hydrogen-bond donors (Lipinski definition) is 1. The molecule has 3 rings (SSSR count). The van der Waals surface area contributed by atoms with Crippen LogP contribution in [0.3, 0.4) is 0 Å². The third-order valence-corrected chi connectivity index (χ3v) is 4.53. The predicted octanol–water partition coefficient (Wildman–Crippen LogP) is 3.91. The van der Waals surface area contributed by atoms with Gasteiger partial charge in [0, 0.05) is 27.5 Å².